The molecule has 0 bridgehead atoms. The first-order valence-electron chi connectivity index (χ1n) is 7.00. The summed E-state index contributed by atoms with van der Waals surface area (Å²) in [5.41, 5.74) is 0. The molecule has 0 aliphatic carbocycles. The van der Waals surface area contributed by atoms with Gasteiger partial charge in [-0.3, -0.25) is 0 Å². The predicted molar refractivity (Wildman–Crippen MR) is 72.9 cm³/mol. The fraction of sp³-hybridized carbons (Fsp3) is 1.00. The fourth-order valence-corrected chi connectivity index (χ4v) is 4.55. The Kier molecular flexibility index (Phi) is 6.49. The minimum Gasteiger partial charge on any atom is -0.316 e. The fourth-order valence-electron chi connectivity index (χ4n) is 2.63. The van der Waals surface area contributed by atoms with Gasteiger partial charge < -0.3 is 5.32 Å². The van der Waals surface area contributed by atoms with Gasteiger partial charge in [-0.15, -0.1) is 0 Å². The standard InChI is InChI=1S/C13H27NO2S/c1-3-5-6-12(10-14-8-4-2)13-7-9-17(15,16)11-13/h12-14H,3-11H2,1-2H3. The molecule has 2 unspecified atom stereocenters. The summed E-state index contributed by atoms with van der Waals surface area (Å²) in [5.74, 6) is 1.79. The van der Waals surface area contributed by atoms with Crippen molar-refractivity contribution in [1.29, 1.82) is 0 Å². The summed E-state index contributed by atoms with van der Waals surface area (Å²) in [6.45, 7) is 6.39. The van der Waals surface area contributed by atoms with Gasteiger partial charge in [-0.05, 0) is 44.2 Å². The van der Waals surface area contributed by atoms with E-state index in [2.05, 4.69) is 19.2 Å². The minimum atomic E-state index is -2.72. The van der Waals surface area contributed by atoms with Gasteiger partial charge in [0.15, 0.2) is 9.84 Å². The van der Waals surface area contributed by atoms with Gasteiger partial charge in [-0.2, -0.15) is 0 Å². The van der Waals surface area contributed by atoms with E-state index in [1.807, 2.05) is 0 Å². The molecule has 0 amide bonds. The number of hydrogen-bond donors (Lipinski definition) is 1. The molecule has 1 fully saturated rings. The number of rotatable bonds is 8. The predicted octanol–water partition coefficient (Wildman–Crippen LogP) is 2.23. The summed E-state index contributed by atoms with van der Waals surface area (Å²) < 4.78 is 23.1. The summed E-state index contributed by atoms with van der Waals surface area (Å²) in [4.78, 5) is 0. The molecule has 0 radical (unpaired) electrons. The van der Waals surface area contributed by atoms with Gasteiger partial charge in [0.25, 0.3) is 0 Å². The van der Waals surface area contributed by atoms with Crippen molar-refractivity contribution in [2.45, 2.75) is 46.0 Å². The van der Waals surface area contributed by atoms with Gasteiger partial charge in [0.2, 0.25) is 0 Å². The lowest BCUT2D eigenvalue weighted by Gasteiger charge is -2.22. The van der Waals surface area contributed by atoms with Crippen LogP contribution in [0.1, 0.15) is 46.0 Å². The average molecular weight is 261 g/mol. The van der Waals surface area contributed by atoms with Gasteiger partial charge >= 0.3 is 0 Å². The Morgan fingerprint density at radius 2 is 2.06 bits per heavy atom. The van der Waals surface area contributed by atoms with Crippen LogP contribution in [0.4, 0.5) is 0 Å². The van der Waals surface area contributed by atoms with Crippen molar-refractivity contribution in [2.24, 2.45) is 11.8 Å². The Hall–Kier alpha value is -0.0900. The average Bonchev–Trinajstić information content (AvgIpc) is 2.64. The third-order valence-corrected chi connectivity index (χ3v) is 5.49. The zero-order chi connectivity index (χ0) is 12.7. The van der Waals surface area contributed by atoms with Crippen LogP contribution >= 0.6 is 0 Å². The first-order valence-corrected chi connectivity index (χ1v) is 8.82. The van der Waals surface area contributed by atoms with Crippen molar-refractivity contribution in [3.63, 3.8) is 0 Å². The Bertz CT molecular complexity index is 301. The molecule has 0 spiro atoms. The quantitative estimate of drug-likeness (QED) is 0.682. The summed E-state index contributed by atoms with van der Waals surface area (Å²) in [6.07, 6.45) is 5.61. The van der Waals surface area contributed by atoms with E-state index in [0.717, 1.165) is 25.9 Å². The first-order chi connectivity index (χ1) is 8.09. The molecular weight excluding hydrogens is 234 g/mol. The number of unbranched alkanes of at least 4 members (excludes halogenated alkanes) is 1. The van der Waals surface area contributed by atoms with Crippen LogP contribution in [-0.4, -0.2) is 33.0 Å². The lowest BCUT2D eigenvalue weighted by molar-refractivity contribution is 0.318. The van der Waals surface area contributed by atoms with Crippen LogP contribution in [0, 0.1) is 11.8 Å². The van der Waals surface area contributed by atoms with Crippen molar-refractivity contribution >= 4 is 9.84 Å². The second-order valence-corrected chi connectivity index (χ2v) is 7.50. The topological polar surface area (TPSA) is 46.2 Å². The Balaban J connectivity index is 2.44. The molecule has 1 aliphatic rings. The molecule has 17 heavy (non-hydrogen) atoms. The zero-order valence-corrected chi connectivity index (χ0v) is 12.1. The summed E-state index contributed by atoms with van der Waals surface area (Å²) in [6, 6.07) is 0. The van der Waals surface area contributed by atoms with E-state index in [0.29, 0.717) is 23.3 Å². The molecule has 0 aromatic carbocycles. The van der Waals surface area contributed by atoms with Crippen LogP contribution < -0.4 is 5.32 Å². The summed E-state index contributed by atoms with van der Waals surface area (Å²) >= 11 is 0. The molecule has 102 valence electrons. The monoisotopic (exact) mass is 261 g/mol. The summed E-state index contributed by atoms with van der Waals surface area (Å²) in [7, 11) is -2.72. The van der Waals surface area contributed by atoms with Crippen molar-refractivity contribution in [2.75, 3.05) is 24.6 Å². The van der Waals surface area contributed by atoms with Crippen molar-refractivity contribution in [3.8, 4) is 0 Å². The molecule has 1 heterocycles. The molecule has 1 saturated heterocycles. The third-order valence-electron chi connectivity index (χ3n) is 3.70. The molecule has 1 aliphatic heterocycles. The Morgan fingerprint density at radius 1 is 1.29 bits per heavy atom. The van der Waals surface area contributed by atoms with Crippen LogP contribution in [0.15, 0.2) is 0 Å². The maximum Gasteiger partial charge on any atom is 0.150 e. The molecule has 1 N–H and O–H groups in total. The highest BCUT2D eigenvalue weighted by Crippen LogP contribution is 2.29. The largest absolute Gasteiger partial charge is 0.316 e. The molecule has 1 rings (SSSR count). The van der Waals surface area contributed by atoms with Gasteiger partial charge in [0.1, 0.15) is 0 Å². The zero-order valence-electron chi connectivity index (χ0n) is 11.2. The van der Waals surface area contributed by atoms with E-state index >= 15 is 0 Å². The minimum absolute atomic E-state index is 0.399. The SMILES string of the molecule is CCCCC(CNCCC)C1CCS(=O)(=O)C1. The number of hydrogen-bond acceptors (Lipinski definition) is 3. The maximum absolute atomic E-state index is 11.5. The molecule has 0 aromatic rings. The Morgan fingerprint density at radius 3 is 2.59 bits per heavy atom. The van der Waals surface area contributed by atoms with E-state index in [1.165, 1.54) is 19.3 Å². The van der Waals surface area contributed by atoms with Crippen LogP contribution in [0.5, 0.6) is 0 Å². The maximum atomic E-state index is 11.5. The van der Waals surface area contributed by atoms with Crippen molar-refractivity contribution < 1.29 is 8.42 Å². The van der Waals surface area contributed by atoms with E-state index in [9.17, 15) is 8.42 Å². The second-order valence-electron chi connectivity index (χ2n) is 5.27. The normalized spacial score (nSPS) is 24.9. The summed E-state index contributed by atoms with van der Waals surface area (Å²) in [5, 5.41) is 3.45. The number of sulfone groups is 1. The molecule has 0 aromatic heterocycles. The van der Waals surface area contributed by atoms with Gasteiger partial charge in [0.05, 0.1) is 11.5 Å². The molecule has 3 nitrogen and oxygen atoms in total. The first kappa shape index (κ1) is 15.0. The van der Waals surface area contributed by atoms with Crippen molar-refractivity contribution in [3.05, 3.63) is 0 Å². The highest BCUT2D eigenvalue weighted by atomic mass is 32.2. The molecular formula is C13H27NO2S. The van der Waals surface area contributed by atoms with E-state index in [4.69, 9.17) is 0 Å². The van der Waals surface area contributed by atoms with E-state index in [-0.39, 0.29) is 0 Å². The van der Waals surface area contributed by atoms with Crippen LogP contribution in [0.3, 0.4) is 0 Å². The van der Waals surface area contributed by atoms with E-state index in [1.54, 1.807) is 0 Å². The molecule has 2 atom stereocenters. The van der Waals surface area contributed by atoms with Crippen LogP contribution in [-0.2, 0) is 9.84 Å². The van der Waals surface area contributed by atoms with Crippen LogP contribution in [0.2, 0.25) is 0 Å². The molecule has 4 heteroatoms. The third kappa shape index (κ3) is 5.38. The van der Waals surface area contributed by atoms with Gasteiger partial charge in [-0.25, -0.2) is 8.42 Å². The second kappa shape index (κ2) is 7.37. The van der Waals surface area contributed by atoms with Gasteiger partial charge in [0, 0.05) is 0 Å². The lowest BCUT2D eigenvalue weighted by Crippen LogP contribution is -2.29. The lowest BCUT2D eigenvalue weighted by atomic mass is 9.87. The van der Waals surface area contributed by atoms with Crippen molar-refractivity contribution in [1.82, 2.24) is 5.32 Å². The highest BCUT2D eigenvalue weighted by molar-refractivity contribution is 7.91. The molecule has 0 saturated carbocycles. The smallest absolute Gasteiger partial charge is 0.150 e. The number of nitrogens with one attached hydrogen (secondary N) is 1. The van der Waals surface area contributed by atoms with Gasteiger partial charge in [-0.1, -0.05) is 26.7 Å². The van der Waals surface area contributed by atoms with E-state index < -0.39 is 9.84 Å². The highest BCUT2D eigenvalue weighted by Gasteiger charge is 2.32. The Labute approximate surface area is 106 Å². The van der Waals surface area contributed by atoms with Crippen LogP contribution in [0.25, 0.3) is 0 Å².